The van der Waals surface area contributed by atoms with Crippen molar-refractivity contribution in [3.8, 4) is 11.5 Å². The third kappa shape index (κ3) is 5.53. The number of carbonyl (C=O) groups is 1. The fourth-order valence-electron chi connectivity index (χ4n) is 3.16. The summed E-state index contributed by atoms with van der Waals surface area (Å²) in [5, 5.41) is 7.59. The van der Waals surface area contributed by atoms with Crippen LogP contribution in [0.4, 0.5) is 0 Å². The van der Waals surface area contributed by atoms with Crippen LogP contribution in [-0.2, 0) is 6.42 Å². The van der Waals surface area contributed by atoms with Gasteiger partial charge in [-0.3, -0.25) is 4.79 Å². The summed E-state index contributed by atoms with van der Waals surface area (Å²) in [6.45, 7) is 2.21. The molecule has 2 aromatic carbocycles. The van der Waals surface area contributed by atoms with Crippen LogP contribution in [-0.4, -0.2) is 38.8 Å². The number of ether oxygens (including phenoxy) is 2. The molecule has 1 amide bonds. The second-order valence-corrected chi connectivity index (χ2v) is 7.54. The Hall–Kier alpha value is -1.95. The predicted molar refractivity (Wildman–Crippen MR) is 112 cm³/mol. The minimum absolute atomic E-state index is 0.130. The van der Waals surface area contributed by atoms with Gasteiger partial charge in [0.1, 0.15) is 11.5 Å². The van der Waals surface area contributed by atoms with Gasteiger partial charge in [-0.15, -0.1) is 0 Å². The van der Waals surface area contributed by atoms with Crippen molar-refractivity contribution in [3.05, 3.63) is 57.6 Å². The first-order valence-corrected chi connectivity index (χ1v) is 10.1. The molecular weight excluding hydrogens is 399 g/mol. The average molecular weight is 423 g/mol. The van der Waals surface area contributed by atoms with E-state index in [1.807, 2.05) is 6.07 Å². The van der Waals surface area contributed by atoms with E-state index in [0.29, 0.717) is 40.1 Å². The quantitative estimate of drug-likeness (QED) is 0.704. The largest absolute Gasteiger partial charge is 0.497 e. The molecular formula is C21H24Cl2N2O3. The molecule has 1 aliphatic heterocycles. The summed E-state index contributed by atoms with van der Waals surface area (Å²) in [4.78, 5) is 12.8. The van der Waals surface area contributed by atoms with Crippen LogP contribution in [0, 0.1) is 0 Å². The molecule has 0 spiro atoms. The lowest BCUT2D eigenvalue weighted by atomic mass is 10.1. The average Bonchev–Trinajstić information content (AvgIpc) is 2.70. The summed E-state index contributed by atoms with van der Waals surface area (Å²) in [6.07, 6.45) is 2.45. The highest BCUT2D eigenvalue weighted by molar-refractivity contribution is 6.35. The molecule has 1 heterocycles. The highest BCUT2D eigenvalue weighted by Crippen LogP contribution is 2.26. The van der Waals surface area contributed by atoms with E-state index in [4.69, 9.17) is 32.7 Å². The number of carbonyl (C=O) groups excluding carboxylic acids is 1. The topological polar surface area (TPSA) is 59.6 Å². The molecule has 1 fully saturated rings. The smallest absolute Gasteiger partial charge is 0.255 e. The molecule has 1 saturated heterocycles. The van der Waals surface area contributed by atoms with Gasteiger partial charge < -0.3 is 20.1 Å². The monoisotopic (exact) mass is 422 g/mol. The van der Waals surface area contributed by atoms with Gasteiger partial charge in [-0.05, 0) is 55.8 Å². The first kappa shape index (κ1) is 20.8. The minimum Gasteiger partial charge on any atom is -0.497 e. The van der Waals surface area contributed by atoms with Crippen LogP contribution < -0.4 is 20.1 Å². The zero-order valence-electron chi connectivity index (χ0n) is 15.8. The Morgan fingerprint density at radius 2 is 1.96 bits per heavy atom. The summed E-state index contributed by atoms with van der Waals surface area (Å²) < 4.78 is 11.2. The molecule has 150 valence electrons. The van der Waals surface area contributed by atoms with Gasteiger partial charge in [-0.1, -0.05) is 29.3 Å². The van der Waals surface area contributed by atoms with Gasteiger partial charge in [0.05, 0.1) is 19.3 Å². The number of piperidine rings is 1. The number of nitrogens with one attached hydrogen (secondary N) is 2. The van der Waals surface area contributed by atoms with Gasteiger partial charge in [0.15, 0.2) is 0 Å². The lowest BCUT2D eigenvalue weighted by Gasteiger charge is -2.24. The Balaban J connectivity index is 1.68. The van der Waals surface area contributed by atoms with Crippen LogP contribution in [0.1, 0.15) is 28.8 Å². The standard InChI is InChI=1S/C21H24Cl2N2O3/c1-27-17-4-5-18(21(26)25-16-6-9-24-10-7-16)20(13-17)28-11-8-14-2-3-15(22)12-19(14)23/h2-5,12-13,16,24H,6-11H2,1H3,(H,25,26). The van der Waals surface area contributed by atoms with E-state index >= 15 is 0 Å². The van der Waals surface area contributed by atoms with E-state index < -0.39 is 0 Å². The Kier molecular flexibility index (Phi) is 7.43. The maximum atomic E-state index is 12.8. The number of benzene rings is 2. The number of amides is 1. The fourth-order valence-corrected chi connectivity index (χ4v) is 3.66. The molecule has 7 heteroatoms. The Morgan fingerprint density at radius 3 is 2.68 bits per heavy atom. The summed E-state index contributed by atoms with van der Waals surface area (Å²) >= 11 is 12.2. The molecule has 0 aliphatic carbocycles. The van der Waals surface area contributed by atoms with Gasteiger partial charge in [-0.25, -0.2) is 0 Å². The zero-order valence-corrected chi connectivity index (χ0v) is 17.3. The predicted octanol–water partition coefficient (Wildman–Crippen LogP) is 4.11. The van der Waals surface area contributed by atoms with E-state index in [-0.39, 0.29) is 11.9 Å². The lowest BCUT2D eigenvalue weighted by Crippen LogP contribution is -2.42. The molecule has 1 aliphatic rings. The highest BCUT2D eigenvalue weighted by atomic mass is 35.5. The first-order chi connectivity index (χ1) is 13.6. The number of halogens is 2. The number of hydrogen-bond donors (Lipinski definition) is 2. The first-order valence-electron chi connectivity index (χ1n) is 9.33. The van der Waals surface area contributed by atoms with Crippen molar-refractivity contribution < 1.29 is 14.3 Å². The van der Waals surface area contributed by atoms with Crippen molar-refractivity contribution in [1.82, 2.24) is 10.6 Å². The van der Waals surface area contributed by atoms with Crippen molar-refractivity contribution in [1.29, 1.82) is 0 Å². The van der Waals surface area contributed by atoms with Crippen LogP contribution in [0.2, 0.25) is 10.0 Å². The molecule has 2 N–H and O–H groups in total. The van der Waals surface area contributed by atoms with Crippen LogP contribution in [0.3, 0.4) is 0 Å². The van der Waals surface area contributed by atoms with Crippen molar-refractivity contribution >= 4 is 29.1 Å². The lowest BCUT2D eigenvalue weighted by molar-refractivity contribution is 0.0925. The third-order valence-corrected chi connectivity index (χ3v) is 5.34. The second-order valence-electron chi connectivity index (χ2n) is 6.69. The molecule has 28 heavy (non-hydrogen) atoms. The fraction of sp³-hybridized carbons (Fsp3) is 0.381. The highest BCUT2D eigenvalue weighted by Gasteiger charge is 2.19. The molecule has 5 nitrogen and oxygen atoms in total. The third-order valence-electron chi connectivity index (χ3n) is 4.75. The Morgan fingerprint density at radius 1 is 1.18 bits per heavy atom. The van der Waals surface area contributed by atoms with E-state index in [1.165, 1.54) is 0 Å². The number of rotatable bonds is 7. The number of hydrogen-bond acceptors (Lipinski definition) is 4. The van der Waals surface area contributed by atoms with E-state index in [2.05, 4.69) is 10.6 Å². The molecule has 0 unspecified atom stereocenters. The second kappa shape index (κ2) is 10.0. The van der Waals surface area contributed by atoms with Crippen molar-refractivity contribution in [2.24, 2.45) is 0 Å². The minimum atomic E-state index is -0.130. The van der Waals surface area contributed by atoms with Gasteiger partial charge >= 0.3 is 0 Å². The molecule has 2 aromatic rings. The molecule has 0 aromatic heterocycles. The Bertz CT molecular complexity index is 823. The van der Waals surface area contributed by atoms with Crippen LogP contribution >= 0.6 is 23.2 Å². The van der Waals surface area contributed by atoms with Crippen LogP contribution in [0.15, 0.2) is 36.4 Å². The van der Waals surface area contributed by atoms with Crippen molar-refractivity contribution in [3.63, 3.8) is 0 Å². The van der Waals surface area contributed by atoms with Crippen molar-refractivity contribution in [2.45, 2.75) is 25.3 Å². The summed E-state index contributed by atoms with van der Waals surface area (Å²) in [6, 6.07) is 10.8. The zero-order chi connectivity index (χ0) is 19.9. The van der Waals surface area contributed by atoms with Crippen LogP contribution in [0.25, 0.3) is 0 Å². The van der Waals surface area contributed by atoms with E-state index in [9.17, 15) is 4.79 Å². The molecule has 0 saturated carbocycles. The summed E-state index contributed by atoms with van der Waals surface area (Å²) in [5.74, 6) is 1.00. The van der Waals surface area contributed by atoms with Crippen LogP contribution in [0.5, 0.6) is 11.5 Å². The summed E-state index contributed by atoms with van der Waals surface area (Å²) in [5.41, 5.74) is 1.44. The van der Waals surface area contributed by atoms with Gasteiger partial charge in [-0.2, -0.15) is 0 Å². The van der Waals surface area contributed by atoms with Gasteiger partial charge in [0.2, 0.25) is 0 Å². The molecule has 0 atom stereocenters. The summed E-state index contributed by atoms with van der Waals surface area (Å²) in [7, 11) is 1.58. The molecule has 0 radical (unpaired) electrons. The van der Waals surface area contributed by atoms with Crippen molar-refractivity contribution in [2.75, 3.05) is 26.8 Å². The SMILES string of the molecule is COc1ccc(C(=O)NC2CCNCC2)c(OCCc2ccc(Cl)cc2Cl)c1. The molecule has 3 rings (SSSR count). The Labute approximate surface area is 175 Å². The maximum Gasteiger partial charge on any atom is 0.255 e. The van der Waals surface area contributed by atoms with Gasteiger partial charge in [0, 0.05) is 28.6 Å². The van der Waals surface area contributed by atoms with Gasteiger partial charge in [0.25, 0.3) is 5.91 Å². The maximum absolute atomic E-state index is 12.8. The van der Waals surface area contributed by atoms with E-state index in [1.54, 1.807) is 37.4 Å². The normalized spacial score (nSPS) is 14.5. The van der Waals surface area contributed by atoms with E-state index in [0.717, 1.165) is 31.5 Å². The number of methoxy groups -OCH3 is 1. The molecule has 0 bridgehead atoms.